The van der Waals surface area contributed by atoms with E-state index in [2.05, 4.69) is 20.4 Å². The Labute approximate surface area is 184 Å². The molecule has 1 amide bonds. The van der Waals surface area contributed by atoms with Crippen LogP contribution < -0.4 is 5.32 Å². The Bertz CT molecular complexity index is 1280. The predicted molar refractivity (Wildman–Crippen MR) is 110 cm³/mol. The van der Waals surface area contributed by atoms with Crippen LogP contribution in [0.2, 0.25) is 10.0 Å². The highest BCUT2D eigenvalue weighted by Gasteiger charge is 2.31. The average Bonchev–Trinajstić information content (AvgIpc) is 3.14. The van der Waals surface area contributed by atoms with Crippen molar-refractivity contribution in [2.75, 3.05) is 6.54 Å². The highest BCUT2D eigenvalue weighted by Crippen LogP contribution is 2.37. The fourth-order valence-electron chi connectivity index (χ4n) is 3.24. The van der Waals surface area contributed by atoms with Crippen molar-refractivity contribution < 1.29 is 13.6 Å². The molecular weight excluding hydrogens is 449 g/mol. The van der Waals surface area contributed by atoms with E-state index in [0.717, 1.165) is 12.1 Å². The van der Waals surface area contributed by atoms with Crippen LogP contribution in [0.3, 0.4) is 0 Å². The Kier molecular flexibility index (Phi) is 5.43. The minimum absolute atomic E-state index is 0.0200. The molecule has 1 aliphatic heterocycles. The molecule has 7 nitrogen and oxygen atoms in total. The van der Waals surface area contributed by atoms with Gasteiger partial charge in [-0.1, -0.05) is 29.3 Å². The van der Waals surface area contributed by atoms with Gasteiger partial charge in [0.05, 0.1) is 33.1 Å². The van der Waals surface area contributed by atoms with Gasteiger partial charge < -0.3 is 5.32 Å². The Hall–Kier alpha value is -3.35. The largest absolute Gasteiger partial charge is 0.336 e. The molecule has 0 saturated heterocycles. The number of benzene rings is 2. The number of nitrogens with one attached hydrogen (secondary N) is 1. The van der Waals surface area contributed by atoms with Crippen molar-refractivity contribution in [2.24, 2.45) is 4.99 Å². The number of halogens is 4. The molecule has 156 valence electrons. The molecule has 0 spiro atoms. The van der Waals surface area contributed by atoms with Crippen LogP contribution in [-0.4, -0.2) is 32.9 Å². The summed E-state index contributed by atoms with van der Waals surface area (Å²) in [4.78, 5) is 20.9. The van der Waals surface area contributed by atoms with Crippen molar-refractivity contribution in [1.82, 2.24) is 20.1 Å². The minimum atomic E-state index is -0.822. The van der Waals surface area contributed by atoms with Crippen molar-refractivity contribution in [3.8, 4) is 11.8 Å². The van der Waals surface area contributed by atoms with Gasteiger partial charge in [0.2, 0.25) is 5.82 Å². The summed E-state index contributed by atoms with van der Waals surface area (Å²) in [5.41, 5.74) is 0.0329. The van der Waals surface area contributed by atoms with Gasteiger partial charge in [0.15, 0.2) is 5.82 Å². The van der Waals surface area contributed by atoms with E-state index in [-0.39, 0.29) is 45.1 Å². The van der Waals surface area contributed by atoms with Crippen molar-refractivity contribution in [3.63, 3.8) is 0 Å². The second-order valence-corrected chi connectivity index (χ2v) is 7.34. The van der Waals surface area contributed by atoms with Gasteiger partial charge in [-0.25, -0.2) is 18.4 Å². The van der Waals surface area contributed by atoms with Crippen molar-refractivity contribution in [3.05, 3.63) is 74.8 Å². The molecule has 1 aromatic heterocycles. The topological polar surface area (TPSA) is 96.0 Å². The third-order valence-electron chi connectivity index (χ3n) is 4.60. The molecule has 0 fully saturated rings. The van der Waals surface area contributed by atoms with Gasteiger partial charge in [-0.05, 0) is 31.2 Å². The molecular formula is C20H12Cl2F2N6O. The number of carbonyl (C=O) groups excluding carboxylic acids is 1. The highest BCUT2D eigenvalue weighted by molar-refractivity contribution is 6.45. The zero-order valence-electron chi connectivity index (χ0n) is 15.8. The van der Waals surface area contributed by atoms with E-state index in [9.17, 15) is 13.6 Å². The normalized spacial score (nSPS) is 14.7. The van der Waals surface area contributed by atoms with Gasteiger partial charge in [0.1, 0.15) is 24.2 Å². The highest BCUT2D eigenvalue weighted by atomic mass is 35.5. The van der Waals surface area contributed by atoms with E-state index in [1.807, 2.05) is 0 Å². The second-order valence-electron chi connectivity index (χ2n) is 6.55. The molecule has 0 bridgehead atoms. The van der Waals surface area contributed by atoms with Crippen LogP contribution in [0.15, 0.2) is 35.3 Å². The summed E-state index contributed by atoms with van der Waals surface area (Å²) in [6.45, 7) is 1.42. The predicted octanol–water partition coefficient (Wildman–Crippen LogP) is 4.02. The minimum Gasteiger partial charge on any atom is -0.336 e. The van der Waals surface area contributed by atoms with Gasteiger partial charge in [0, 0.05) is 5.56 Å². The summed E-state index contributed by atoms with van der Waals surface area (Å²) in [6, 6.07) is 7.56. The number of carbonyl (C=O) groups is 1. The van der Waals surface area contributed by atoms with Crippen molar-refractivity contribution in [1.29, 1.82) is 5.26 Å². The number of fused-ring (bicyclic) bond motifs is 3. The summed E-state index contributed by atoms with van der Waals surface area (Å²) >= 11 is 12.6. The van der Waals surface area contributed by atoms with Gasteiger partial charge in [-0.3, -0.25) is 9.79 Å². The van der Waals surface area contributed by atoms with E-state index in [1.54, 1.807) is 19.1 Å². The SMILES string of the molecule is C[C@@H]1N=C(c2c(F)cccc2F)c2c(ccc(Cl)c2Cl)-n2nc(C(=O)NCC#N)nc21. The number of hydrogen-bond donors (Lipinski definition) is 1. The molecule has 1 N–H and O–H groups in total. The molecule has 4 rings (SSSR count). The zero-order valence-corrected chi connectivity index (χ0v) is 17.3. The van der Waals surface area contributed by atoms with E-state index < -0.39 is 23.6 Å². The second kappa shape index (κ2) is 8.06. The van der Waals surface area contributed by atoms with E-state index in [1.165, 1.54) is 16.8 Å². The van der Waals surface area contributed by atoms with Crippen LogP contribution in [0.25, 0.3) is 5.69 Å². The average molecular weight is 461 g/mol. The first-order valence-corrected chi connectivity index (χ1v) is 9.72. The first kappa shape index (κ1) is 20.9. The molecule has 1 aliphatic rings. The van der Waals surface area contributed by atoms with Gasteiger partial charge in [-0.2, -0.15) is 5.26 Å². The summed E-state index contributed by atoms with van der Waals surface area (Å²) < 4.78 is 30.6. The van der Waals surface area contributed by atoms with Gasteiger partial charge in [0.25, 0.3) is 5.91 Å². The molecule has 1 atom stereocenters. The van der Waals surface area contributed by atoms with Crippen LogP contribution in [0.5, 0.6) is 0 Å². The van der Waals surface area contributed by atoms with E-state index in [4.69, 9.17) is 28.5 Å². The number of aromatic nitrogens is 3. The molecule has 0 radical (unpaired) electrons. The van der Waals surface area contributed by atoms with Crippen molar-refractivity contribution in [2.45, 2.75) is 13.0 Å². The van der Waals surface area contributed by atoms with Crippen molar-refractivity contribution >= 4 is 34.8 Å². The Morgan fingerprint density at radius 1 is 1.23 bits per heavy atom. The lowest BCUT2D eigenvalue weighted by Gasteiger charge is -2.14. The third kappa shape index (κ3) is 3.54. The standard InChI is InChI=1S/C20H12Cl2F2N6O/c1-9-19-28-18(20(31)26-8-7-25)29-30(19)13-6-5-10(21)16(22)15(13)17(27-9)14-11(23)3-2-4-12(14)24/h2-6,9H,8H2,1H3,(H,26,31)/t9-/m0/s1. The molecule has 2 heterocycles. The molecule has 0 unspecified atom stereocenters. The van der Waals surface area contributed by atoms with Gasteiger partial charge in [-0.15, -0.1) is 5.10 Å². The maximum Gasteiger partial charge on any atom is 0.291 e. The molecule has 2 aromatic carbocycles. The quantitative estimate of drug-likeness (QED) is 0.596. The smallest absolute Gasteiger partial charge is 0.291 e. The summed E-state index contributed by atoms with van der Waals surface area (Å²) in [5, 5.41) is 15.4. The fourth-order valence-corrected chi connectivity index (χ4v) is 3.65. The molecule has 0 aliphatic carbocycles. The van der Waals surface area contributed by atoms with Crippen LogP contribution in [0, 0.1) is 23.0 Å². The zero-order chi connectivity index (χ0) is 22.3. The lowest BCUT2D eigenvalue weighted by atomic mass is 9.99. The Balaban J connectivity index is 1.99. The number of aliphatic imine (C=N–C) groups is 1. The molecule has 3 aromatic rings. The monoisotopic (exact) mass is 460 g/mol. The first-order chi connectivity index (χ1) is 14.8. The Morgan fingerprint density at radius 3 is 2.61 bits per heavy atom. The van der Waals surface area contributed by atoms with Gasteiger partial charge >= 0.3 is 0 Å². The third-order valence-corrected chi connectivity index (χ3v) is 5.40. The van der Waals surface area contributed by atoms with Crippen LogP contribution in [0.1, 0.15) is 40.5 Å². The summed E-state index contributed by atoms with van der Waals surface area (Å²) in [7, 11) is 0. The fraction of sp³-hybridized carbons (Fsp3) is 0.150. The molecule has 11 heteroatoms. The maximum absolute atomic E-state index is 14.6. The van der Waals surface area contributed by atoms with Crippen LogP contribution in [0.4, 0.5) is 8.78 Å². The number of nitrogens with zero attached hydrogens (tertiary/aromatic N) is 5. The first-order valence-electron chi connectivity index (χ1n) is 8.96. The molecule has 31 heavy (non-hydrogen) atoms. The summed E-state index contributed by atoms with van der Waals surface area (Å²) in [5.74, 6) is -2.24. The number of amides is 1. The molecule has 0 saturated carbocycles. The maximum atomic E-state index is 14.6. The van der Waals surface area contributed by atoms with Crippen LogP contribution >= 0.6 is 23.2 Å². The number of rotatable bonds is 3. The van der Waals surface area contributed by atoms with E-state index in [0.29, 0.717) is 5.69 Å². The number of hydrogen-bond acceptors (Lipinski definition) is 5. The lowest BCUT2D eigenvalue weighted by molar-refractivity contribution is 0.0948. The number of nitriles is 1. The van der Waals surface area contributed by atoms with Crippen LogP contribution in [-0.2, 0) is 0 Å². The summed E-state index contributed by atoms with van der Waals surface area (Å²) in [6.07, 6.45) is 0. The lowest BCUT2D eigenvalue weighted by Crippen LogP contribution is -2.25. The Morgan fingerprint density at radius 2 is 1.94 bits per heavy atom. The van der Waals surface area contributed by atoms with E-state index >= 15 is 0 Å².